The Morgan fingerprint density at radius 1 is 0.947 bits per heavy atom. The predicted molar refractivity (Wildman–Crippen MR) is 148 cm³/mol. The van der Waals surface area contributed by atoms with Gasteiger partial charge in [0.2, 0.25) is 0 Å². The first-order valence-electron chi connectivity index (χ1n) is 12.4. The summed E-state index contributed by atoms with van der Waals surface area (Å²) in [6.45, 7) is 7.87. The van der Waals surface area contributed by atoms with Gasteiger partial charge in [-0.2, -0.15) is 5.10 Å². The van der Waals surface area contributed by atoms with Gasteiger partial charge in [-0.05, 0) is 45.0 Å². The van der Waals surface area contributed by atoms with Crippen molar-refractivity contribution in [2.75, 3.05) is 36.4 Å². The molecule has 2 aromatic carbocycles. The molecule has 1 aliphatic heterocycles. The van der Waals surface area contributed by atoms with E-state index in [-0.39, 0.29) is 17.7 Å². The number of amides is 2. The van der Waals surface area contributed by atoms with Crippen molar-refractivity contribution in [1.29, 1.82) is 0 Å². The van der Waals surface area contributed by atoms with E-state index in [4.69, 9.17) is 16.3 Å². The van der Waals surface area contributed by atoms with Gasteiger partial charge in [0, 0.05) is 48.5 Å². The number of hydrogen-bond donors (Lipinski definition) is 1. The molecule has 2 aromatic heterocycles. The second kappa shape index (κ2) is 10.3. The Kier molecular flexibility index (Phi) is 6.94. The van der Waals surface area contributed by atoms with Crippen LogP contribution in [0.15, 0.2) is 67.0 Å². The molecule has 5 rings (SSSR count). The number of rotatable bonds is 4. The van der Waals surface area contributed by atoms with Crippen LogP contribution in [0.25, 0.3) is 16.8 Å². The lowest BCUT2D eigenvalue weighted by Gasteiger charge is -2.37. The van der Waals surface area contributed by atoms with Crippen LogP contribution in [0.2, 0.25) is 5.02 Å². The fourth-order valence-corrected chi connectivity index (χ4v) is 4.60. The second-order valence-corrected chi connectivity index (χ2v) is 10.5. The number of carbonyl (C=O) groups is 2. The molecule has 3 heterocycles. The van der Waals surface area contributed by atoms with E-state index in [0.29, 0.717) is 42.5 Å². The third-order valence-corrected chi connectivity index (χ3v) is 6.52. The van der Waals surface area contributed by atoms with Gasteiger partial charge in [-0.25, -0.2) is 14.3 Å². The van der Waals surface area contributed by atoms with Crippen molar-refractivity contribution in [3.63, 3.8) is 0 Å². The van der Waals surface area contributed by atoms with Crippen molar-refractivity contribution in [2.45, 2.75) is 26.4 Å². The minimum Gasteiger partial charge on any atom is -0.444 e. The van der Waals surface area contributed by atoms with Gasteiger partial charge in [0.15, 0.2) is 5.65 Å². The van der Waals surface area contributed by atoms with E-state index in [0.717, 1.165) is 16.8 Å². The predicted octanol–water partition coefficient (Wildman–Crippen LogP) is 5.36. The highest BCUT2D eigenvalue weighted by Crippen LogP contribution is 2.31. The number of benzene rings is 2. The highest BCUT2D eigenvalue weighted by atomic mass is 35.5. The van der Waals surface area contributed by atoms with E-state index in [1.807, 2.05) is 63.2 Å². The Bertz CT molecular complexity index is 1490. The number of aromatic nitrogens is 3. The number of para-hydroxylation sites is 2. The molecule has 0 atom stereocenters. The molecule has 38 heavy (non-hydrogen) atoms. The van der Waals surface area contributed by atoms with E-state index in [1.165, 1.54) is 0 Å². The van der Waals surface area contributed by atoms with Gasteiger partial charge in [-0.15, -0.1) is 0 Å². The second-order valence-electron chi connectivity index (χ2n) is 10.0. The Balaban J connectivity index is 1.33. The van der Waals surface area contributed by atoms with Crippen LogP contribution in [-0.2, 0) is 4.74 Å². The van der Waals surface area contributed by atoms with Crippen LogP contribution < -0.4 is 10.2 Å². The number of nitrogens with one attached hydrogen (secondary N) is 1. The van der Waals surface area contributed by atoms with E-state index in [9.17, 15) is 9.59 Å². The zero-order chi connectivity index (χ0) is 26.9. The fourth-order valence-electron chi connectivity index (χ4n) is 4.36. The summed E-state index contributed by atoms with van der Waals surface area (Å²) in [5.41, 5.74) is 3.36. The maximum absolute atomic E-state index is 13.3. The molecular weight excluding hydrogens is 504 g/mol. The van der Waals surface area contributed by atoms with Crippen LogP contribution in [0.1, 0.15) is 31.3 Å². The lowest BCUT2D eigenvalue weighted by molar-refractivity contribution is 0.0240. The van der Waals surface area contributed by atoms with Gasteiger partial charge in [0.1, 0.15) is 11.3 Å². The monoisotopic (exact) mass is 532 g/mol. The SMILES string of the molecule is CC(C)(C)OC(=O)N1CCN(c2ccccc2NC(=O)c2ccn3ncc(-c4ccccc4Cl)c3n2)CC1. The summed E-state index contributed by atoms with van der Waals surface area (Å²) in [6.07, 6.45) is 3.09. The summed E-state index contributed by atoms with van der Waals surface area (Å²) in [6, 6.07) is 16.7. The van der Waals surface area contributed by atoms with Gasteiger partial charge in [-0.3, -0.25) is 4.79 Å². The van der Waals surface area contributed by atoms with Crippen LogP contribution in [-0.4, -0.2) is 63.3 Å². The molecule has 10 heteroatoms. The molecule has 0 saturated carbocycles. The fraction of sp³-hybridized carbons (Fsp3) is 0.286. The average molecular weight is 533 g/mol. The topological polar surface area (TPSA) is 92.1 Å². The summed E-state index contributed by atoms with van der Waals surface area (Å²) < 4.78 is 7.12. The minimum absolute atomic E-state index is 0.260. The summed E-state index contributed by atoms with van der Waals surface area (Å²) in [7, 11) is 0. The first-order chi connectivity index (χ1) is 18.2. The Morgan fingerprint density at radius 3 is 2.39 bits per heavy atom. The molecule has 0 unspecified atom stereocenters. The first-order valence-corrected chi connectivity index (χ1v) is 12.8. The third kappa shape index (κ3) is 5.43. The molecule has 9 nitrogen and oxygen atoms in total. The zero-order valence-corrected chi connectivity index (χ0v) is 22.3. The molecule has 1 fully saturated rings. The van der Waals surface area contributed by atoms with Gasteiger partial charge < -0.3 is 19.9 Å². The molecule has 1 saturated heterocycles. The lowest BCUT2D eigenvalue weighted by atomic mass is 10.1. The Morgan fingerprint density at radius 2 is 1.66 bits per heavy atom. The summed E-state index contributed by atoms with van der Waals surface area (Å²) >= 11 is 6.39. The summed E-state index contributed by atoms with van der Waals surface area (Å²) in [4.78, 5) is 34.2. The number of carbonyl (C=O) groups excluding carboxylic acids is 2. The highest BCUT2D eigenvalue weighted by Gasteiger charge is 2.27. The van der Waals surface area contributed by atoms with Crippen LogP contribution >= 0.6 is 11.6 Å². The number of anilines is 2. The van der Waals surface area contributed by atoms with Crippen molar-refractivity contribution in [1.82, 2.24) is 19.5 Å². The van der Waals surface area contributed by atoms with E-state index < -0.39 is 5.60 Å². The standard InChI is InChI=1S/C28H29ClN6O3/c1-28(2,3)38-27(37)34-16-14-33(15-17-34)24-11-7-6-10-22(24)32-26(36)23-12-13-35-25(31-23)20(18-30-35)19-8-4-5-9-21(19)29/h4-13,18H,14-17H2,1-3H3,(H,32,36). The van der Waals surface area contributed by atoms with Crippen LogP contribution in [0.3, 0.4) is 0 Å². The molecule has 2 amide bonds. The lowest BCUT2D eigenvalue weighted by Crippen LogP contribution is -2.50. The van der Waals surface area contributed by atoms with Crippen molar-refractivity contribution >= 4 is 40.6 Å². The number of ether oxygens (including phenoxy) is 1. The molecule has 0 bridgehead atoms. The molecule has 0 spiro atoms. The normalized spacial score (nSPS) is 14.0. The maximum Gasteiger partial charge on any atom is 0.410 e. The Labute approximate surface area is 226 Å². The van der Waals surface area contributed by atoms with Crippen molar-refractivity contribution < 1.29 is 14.3 Å². The van der Waals surface area contributed by atoms with Crippen molar-refractivity contribution in [3.05, 3.63) is 77.7 Å². The molecule has 196 valence electrons. The highest BCUT2D eigenvalue weighted by molar-refractivity contribution is 6.33. The van der Waals surface area contributed by atoms with E-state index in [1.54, 1.807) is 33.9 Å². The van der Waals surface area contributed by atoms with Gasteiger partial charge in [0.05, 0.1) is 17.6 Å². The molecule has 1 N–H and O–H groups in total. The number of piperazine rings is 1. The zero-order valence-electron chi connectivity index (χ0n) is 21.5. The number of nitrogens with zero attached hydrogens (tertiary/aromatic N) is 5. The van der Waals surface area contributed by atoms with Crippen molar-refractivity contribution in [3.8, 4) is 11.1 Å². The quantitative estimate of drug-likeness (QED) is 0.380. The molecular formula is C28H29ClN6O3. The van der Waals surface area contributed by atoms with Crippen LogP contribution in [0.4, 0.5) is 16.2 Å². The number of fused-ring (bicyclic) bond motifs is 1. The average Bonchev–Trinajstić information content (AvgIpc) is 3.31. The smallest absolute Gasteiger partial charge is 0.410 e. The van der Waals surface area contributed by atoms with Gasteiger partial charge >= 0.3 is 6.09 Å². The minimum atomic E-state index is -0.535. The van der Waals surface area contributed by atoms with Crippen LogP contribution in [0.5, 0.6) is 0 Å². The van der Waals surface area contributed by atoms with E-state index >= 15 is 0 Å². The molecule has 4 aromatic rings. The number of hydrogen-bond acceptors (Lipinski definition) is 6. The largest absolute Gasteiger partial charge is 0.444 e. The Hall–Kier alpha value is -4.11. The van der Waals surface area contributed by atoms with Crippen LogP contribution in [0, 0.1) is 0 Å². The molecule has 0 radical (unpaired) electrons. The maximum atomic E-state index is 13.3. The van der Waals surface area contributed by atoms with Gasteiger partial charge in [-0.1, -0.05) is 41.9 Å². The third-order valence-electron chi connectivity index (χ3n) is 6.19. The number of halogens is 1. The van der Waals surface area contributed by atoms with E-state index in [2.05, 4.69) is 20.3 Å². The molecule has 0 aliphatic carbocycles. The summed E-state index contributed by atoms with van der Waals surface area (Å²) in [5, 5.41) is 7.95. The first kappa shape index (κ1) is 25.5. The molecule has 1 aliphatic rings. The van der Waals surface area contributed by atoms with Crippen molar-refractivity contribution in [2.24, 2.45) is 0 Å². The van der Waals surface area contributed by atoms with Gasteiger partial charge in [0.25, 0.3) is 5.91 Å². The summed E-state index contributed by atoms with van der Waals surface area (Å²) in [5.74, 6) is -0.335.